The first-order chi connectivity index (χ1) is 14.5. The van der Waals surface area contributed by atoms with E-state index in [1.54, 1.807) is 23.1 Å². The van der Waals surface area contributed by atoms with Crippen LogP contribution in [0.1, 0.15) is 23.2 Å². The Morgan fingerprint density at radius 2 is 1.77 bits per heavy atom. The molecule has 1 saturated carbocycles. The Bertz CT molecular complexity index is 997. The zero-order valence-corrected chi connectivity index (χ0v) is 17.4. The third-order valence-electron chi connectivity index (χ3n) is 7.28. The van der Waals surface area contributed by atoms with Crippen molar-refractivity contribution in [2.75, 3.05) is 46.3 Å². The molecule has 0 bridgehead atoms. The van der Waals surface area contributed by atoms with Crippen molar-refractivity contribution in [3.63, 3.8) is 0 Å². The van der Waals surface area contributed by atoms with E-state index in [2.05, 4.69) is 16.8 Å². The molecule has 1 aromatic carbocycles. The Kier molecular flexibility index (Phi) is 5.13. The Morgan fingerprint density at radius 1 is 1.07 bits per heavy atom. The van der Waals surface area contributed by atoms with E-state index in [4.69, 9.17) is 4.42 Å². The lowest BCUT2D eigenvalue weighted by Crippen LogP contribution is -2.55. The van der Waals surface area contributed by atoms with E-state index in [-0.39, 0.29) is 23.6 Å². The number of hydrogen-bond donors (Lipinski definition) is 1. The molecule has 1 N–H and O–H groups in total. The van der Waals surface area contributed by atoms with Gasteiger partial charge in [0.2, 0.25) is 0 Å². The minimum absolute atomic E-state index is 0.100. The molecule has 1 aliphatic carbocycles. The van der Waals surface area contributed by atoms with Crippen molar-refractivity contribution >= 4 is 16.9 Å². The summed E-state index contributed by atoms with van der Waals surface area (Å²) in [6.45, 7) is 5.27. The zero-order valence-electron chi connectivity index (χ0n) is 17.4. The maximum Gasteiger partial charge on any atom is 0.349 e. The van der Waals surface area contributed by atoms with Crippen molar-refractivity contribution in [2.45, 2.75) is 25.0 Å². The molecule has 0 unspecified atom stereocenters. The van der Waals surface area contributed by atoms with Gasteiger partial charge >= 0.3 is 5.63 Å². The molecule has 2 saturated heterocycles. The highest BCUT2D eigenvalue weighted by molar-refractivity contribution is 5.96. The number of likely N-dealkylation sites (tertiary alicyclic amines) is 1. The van der Waals surface area contributed by atoms with Crippen molar-refractivity contribution in [1.29, 1.82) is 0 Å². The van der Waals surface area contributed by atoms with Crippen LogP contribution >= 0.6 is 0 Å². The van der Waals surface area contributed by atoms with Gasteiger partial charge in [-0.1, -0.05) is 18.2 Å². The molecule has 3 heterocycles. The maximum atomic E-state index is 13.1. The first-order valence-electron chi connectivity index (χ1n) is 10.9. The van der Waals surface area contributed by atoms with E-state index in [0.29, 0.717) is 30.5 Å². The number of nitrogens with zero attached hydrogens (tertiary/aromatic N) is 3. The standard InChI is InChI=1S/C23H29N3O4/c1-24-6-8-25(9-7-24)19-11-16-13-26(14-17(16)12-20(19)27)22(28)18-10-15-4-2-3-5-21(15)30-23(18)29/h2-5,10,16-17,19-20,27H,6-9,11-14H2,1H3/t16-,17+,19-,20-/m1/s1. The number of rotatable bonds is 2. The Balaban J connectivity index is 1.31. The first-order valence-corrected chi connectivity index (χ1v) is 10.9. The molecule has 7 heteroatoms. The topological polar surface area (TPSA) is 77.2 Å². The second kappa shape index (κ2) is 7.80. The highest BCUT2D eigenvalue weighted by Gasteiger charge is 2.45. The summed E-state index contributed by atoms with van der Waals surface area (Å²) in [7, 11) is 2.13. The number of carbonyl (C=O) groups excluding carboxylic acids is 1. The fourth-order valence-corrected chi connectivity index (χ4v) is 5.50. The Labute approximate surface area is 175 Å². The van der Waals surface area contributed by atoms with Gasteiger partial charge in [-0.25, -0.2) is 4.79 Å². The number of aliphatic hydroxyl groups is 1. The number of carbonyl (C=O) groups is 1. The van der Waals surface area contributed by atoms with Gasteiger partial charge in [-0.3, -0.25) is 9.69 Å². The van der Waals surface area contributed by atoms with Crippen LogP contribution < -0.4 is 5.63 Å². The van der Waals surface area contributed by atoms with Crippen molar-refractivity contribution in [3.8, 4) is 0 Å². The van der Waals surface area contributed by atoms with Gasteiger partial charge in [-0.15, -0.1) is 0 Å². The van der Waals surface area contributed by atoms with Crippen molar-refractivity contribution < 1.29 is 14.3 Å². The molecule has 4 atom stereocenters. The molecule has 2 aromatic rings. The van der Waals surface area contributed by atoms with E-state index in [9.17, 15) is 14.7 Å². The van der Waals surface area contributed by atoms with Gasteiger partial charge in [0.15, 0.2) is 0 Å². The number of aliphatic hydroxyl groups excluding tert-OH is 1. The Morgan fingerprint density at radius 3 is 2.53 bits per heavy atom. The van der Waals surface area contributed by atoms with E-state index in [1.807, 2.05) is 12.1 Å². The molecule has 7 nitrogen and oxygen atoms in total. The molecule has 160 valence electrons. The number of amides is 1. The van der Waals surface area contributed by atoms with Crippen LogP contribution in [0.15, 0.2) is 39.5 Å². The summed E-state index contributed by atoms with van der Waals surface area (Å²) in [6, 6.07) is 9.06. The minimum Gasteiger partial charge on any atom is -0.422 e. The molecule has 5 rings (SSSR count). The molecular formula is C23H29N3O4. The average Bonchev–Trinajstić information content (AvgIpc) is 3.15. The van der Waals surface area contributed by atoms with Crippen LogP contribution in [-0.2, 0) is 0 Å². The molecule has 3 fully saturated rings. The molecule has 3 aliphatic rings. The number of likely N-dealkylation sites (N-methyl/N-ethyl adjacent to an activating group) is 1. The van der Waals surface area contributed by atoms with Crippen molar-refractivity contribution in [1.82, 2.24) is 14.7 Å². The van der Waals surface area contributed by atoms with Gasteiger partial charge in [0.05, 0.1) is 6.10 Å². The van der Waals surface area contributed by atoms with Gasteiger partial charge < -0.3 is 19.3 Å². The summed E-state index contributed by atoms with van der Waals surface area (Å²) in [5.74, 6) is 0.407. The van der Waals surface area contributed by atoms with Crippen molar-refractivity contribution in [3.05, 3.63) is 46.3 Å². The average molecular weight is 412 g/mol. The second-order valence-corrected chi connectivity index (χ2v) is 9.16. The third-order valence-corrected chi connectivity index (χ3v) is 7.28. The van der Waals surface area contributed by atoms with Gasteiger partial charge in [-0.05, 0) is 43.9 Å². The molecule has 1 aromatic heterocycles. The minimum atomic E-state index is -0.580. The predicted octanol–water partition coefficient (Wildman–Crippen LogP) is 1.25. The van der Waals surface area contributed by atoms with Gasteiger partial charge in [0.1, 0.15) is 11.1 Å². The van der Waals surface area contributed by atoms with Crippen LogP contribution in [0.4, 0.5) is 0 Å². The lowest BCUT2D eigenvalue weighted by atomic mass is 9.77. The number of fused-ring (bicyclic) bond motifs is 2. The van der Waals surface area contributed by atoms with E-state index in [1.165, 1.54) is 0 Å². The highest BCUT2D eigenvalue weighted by atomic mass is 16.4. The predicted molar refractivity (Wildman–Crippen MR) is 113 cm³/mol. The number of para-hydroxylation sites is 1. The van der Waals surface area contributed by atoms with Gasteiger partial charge in [0, 0.05) is 50.7 Å². The van der Waals surface area contributed by atoms with Crippen LogP contribution in [0.2, 0.25) is 0 Å². The van der Waals surface area contributed by atoms with Gasteiger partial charge in [-0.2, -0.15) is 0 Å². The summed E-state index contributed by atoms with van der Waals surface area (Å²) < 4.78 is 5.36. The summed E-state index contributed by atoms with van der Waals surface area (Å²) in [6.07, 6.45) is 1.28. The maximum absolute atomic E-state index is 13.1. The molecule has 30 heavy (non-hydrogen) atoms. The fraction of sp³-hybridized carbons (Fsp3) is 0.565. The number of hydrogen-bond acceptors (Lipinski definition) is 6. The smallest absolute Gasteiger partial charge is 0.349 e. The van der Waals surface area contributed by atoms with Crippen LogP contribution in [-0.4, -0.2) is 84.2 Å². The summed E-state index contributed by atoms with van der Waals surface area (Å²) in [5, 5.41) is 11.6. The molecule has 2 aliphatic heterocycles. The first kappa shape index (κ1) is 19.7. The van der Waals surface area contributed by atoms with E-state index >= 15 is 0 Å². The van der Waals surface area contributed by atoms with Gasteiger partial charge in [0.25, 0.3) is 5.91 Å². The highest BCUT2D eigenvalue weighted by Crippen LogP contribution is 2.39. The lowest BCUT2D eigenvalue weighted by molar-refractivity contribution is -0.0249. The summed E-state index contributed by atoms with van der Waals surface area (Å²) >= 11 is 0. The summed E-state index contributed by atoms with van der Waals surface area (Å²) in [5.41, 5.74) is 0.0136. The second-order valence-electron chi connectivity index (χ2n) is 9.16. The largest absolute Gasteiger partial charge is 0.422 e. The van der Waals surface area contributed by atoms with E-state index in [0.717, 1.165) is 44.4 Å². The Hall–Kier alpha value is -2.22. The zero-order chi connectivity index (χ0) is 20.8. The normalized spacial score (nSPS) is 30.5. The van der Waals surface area contributed by atoms with Crippen LogP contribution in [0, 0.1) is 11.8 Å². The molecule has 0 radical (unpaired) electrons. The quantitative estimate of drug-likeness (QED) is 0.750. The lowest BCUT2D eigenvalue weighted by Gasteiger charge is -2.44. The third kappa shape index (κ3) is 3.55. The van der Waals surface area contributed by atoms with Crippen LogP contribution in [0.25, 0.3) is 11.0 Å². The molecule has 0 spiro atoms. The fourth-order valence-electron chi connectivity index (χ4n) is 5.50. The van der Waals surface area contributed by atoms with Crippen molar-refractivity contribution in [2.24, 2.45) is 11.8 Å². The van der Waals surface area contributed by atoms with E-state index < -0.39 is 5.63 Å². The summed E-state index contributed by atoms with van der Waals surface area (Å²) in [4.78, 5) is 32.1. The SMILES string of the molecule is CN1CCN([C@@H]2C[C@@H]3CN(C(=O)c4cc5ccccc5oc4=O)C[C@@H]3C[C@H]2O)CC1. The molecule has 1 amide bonds. The van der Waals surface area contributed by atoms with Crippen LogP contribution in [0.3, 0.4) is 0 Å². The van der Waals surface area contributed by atoms with Crippen LogP contribution in [0.5, 0.6) is 0 Å². The monoisotopic (exact) mass is 411 g/mol. The number of benzene rings is 1. The molecular weight excluding hydrogens is 382 g/mol. The number of piperazine rings is 1.